The van der Waals surface area contributed by atoms with Crippen molar-refractivity contribution >= 4 is 45.1 Å². The van der Waals surface area contributed by atoms with Gasteiger partial charge in [0.1, 0.15) is 0 Å². The molecule has 1 aromatic heterocycles. The number of carbonyl (C=O) groups is 1. The molecule has 0 bridgehead atoms. The van der Waals surface area contributed by atoms with Gasteiger partial charge in [0, 0.05) is 16.5 Å². The number of rotatable bonds is 4. The maximum absolute atomic E-state index is 12.8. The van der Waals surface area contributed by atoms with Gasteiger partial charge in [0.05, 0.1) is 28.5 Å². The van der Waals surface area contributed by atoms with Gasteiger partial charge in [-0.1, -0.05) is 12.1 Å². The number of anilines is 1. The summed E-state index contributed by atoms with van der Waals surface area (Å²) < 4.78 is 40.2. The van der Waals surface area contributed by atoms with Crippen LogP contribution in [0.15, 0.2) is 53.6 Å². The third-order valence-corrected chi connectivity index (χ3v) is 4.82. The standard InChI is InChI=1S/C18H13F3IN3O2/c19-18(20,21)11-5-6-13(22)15(9-11)24-16(26)7-8-25-10-23-14-4-2-1-3-12(14)17(25)27/h1-6,9-10H,7-8H2,(H,24,26). The number of benzene rings is 2. The van der Waals surface area contributed by atoms with Crippen molar-refractivity contribution in [3.05, 3.63) is 68.3 Å². The van der Waals surface area contributed by atoms with Crippen LogP contribution in [0.4, 0.5) is 18.9 Å². The van der Waals surface area contributed by atoms with Crippen molar-refractivity contribution in [1.29, 1.82) is 0 Å². The molecule has 0 unspecified atom stereocenters. The van der Waals surface area contributed by atoms with Gasteiger partial charge in [-0.2, -0.15) is 13.2 Å². The number of para-hydroxylation sites is 1. The molecule has 0 radical (unpaired) electrons. The van der Waals surface area contributed by atoms with Crippen LogP contribution < -0.4 is 10.9 Å². The number of fused-ring (bicyclic) bond motifs is 1. The summed E-state index contributed by atoms with van der Waals surface area (Å²) in [6.45, 7) is 0.0675. The quantitative estimate of drug-likeness (QED) is 0.566. The molecule has 9 heteroatoms. The summed E-state index contributed by atoms with van der Waals surface area (Å²) in [5, 5.41) is 2.91. The molecule has 0 saturated carbocycles. The molecule has 2 aromatic carbocycles. The van der Waals surface area contributed by atoms with Gasteiger partial charge in [-0.05, 0) is 52.9 Å². The number of aromatic nitrogens is 2. The predicted molar refractivity (Wildman–Crippen MR) is 103 cm³/mol. The van der Waals surface area contributed by atoms with Crippen molar-refractivity contribution in [1.82, 2.24) is 9.55 Å². The highest BCUT2D eigenvalue weighted by Gasteiger charge is 2.31. The number of alkyl halides is 3. The third-order valence-electron chi connectivity index (χ3n) is 3.88. The van der Waals surface area contributed by atoms with E-state index in [0.29, 0.717) is 14.5 Å². The molecule has 0 atom stereocenters. The molecular formula is C18H13F3IN3O2. The Morgan fingerprint density at radius 1 is 1.19 bits per heavy atom. The van der Waals surface area contributed by atoms with Crippen molar-refractivity contribution in [2.75, 3.05) is 5.32 Å². The Morgan fingerprint density at radius 2 is 1.93 bits per heavy atom. The zero-order chi connectivity index (χ0) is 19.6. The number of amides is 1. The second-order valence-electron chi connectivity index (χ2n) is 5.75. The summed E-state index contributed by atoms with van der Waals surface area (Å²) in [5.41, 5.74) is -0.476. The van der Waals surface area contributed by atoms with Crippen LogP contribution in [0, 0.1) is 3.57 Å². The van der Waals surface area contributed by atoms with Crippen molar-refractivity contribution in [3.63, 3.8) is 0 Å². The Bertz CT molecular complexity index is 1060. The normalized spacial score (nSPS) is 11.6. The van der Waals surface area contributed by atoms with Gasteiger partial charge in [-0.25, -0.2) is 4.98 Å². The highest BCUT2D eigenvalue weighted by Crippen LogP contribution is 2.32. The van der Waals surface area contributed by atoms with Crippen molar-refractivity contribution in [2.24, 2.45) is 0 Å². The van der Waals surface area contributed by atoms with E-state index in [9.17, 15) is 22.8 Å². The van der Waals surface area contributed by atoms with Crippen LogP contribution in [0.3, 0.4) is 0 Å². The van der Waals surface area contributed by atoms with Crippen LogP contribution in [0.2, 0.25) is 0 Å². The molecule has 1 amide bonds. The Kier molecular flexibility index (Phi) is 5.49. The summed E-state index contributed by atoms with van der Waals surface area (Å²) in [7, 11) is 0. The van der Waals surface area contributed by atoms with E-state index in [1.807, 2.05) is 22.6 Å². The van der Waals surface area contributed by atoms with Crippen LogP contribution >= 0.6 is 22.6 Å². The van der Waals surface area contributed by atoms with Gasteiger partial charge >= 0.3 is 6.18 Å². The molecule has 140 valence electrons. The fourth-order valence-corrected chi connectivity index (χ4v) is 2.97. The van der Waals surface area contributed by atoms with Crippen molar-refractivity contribution < 1.29 is 18.0 Å². The van der Waals surface area contributed by atoms with E-state index in [-0.39, 0.29) is 24.2 Å². The lowest BCUT2D eigenvalue weighted by molar-refractivity contribution is -0.137. The molecule has 0 aliphatic heterocycles. The largest absolute Gasteiger partial charge is 0.416 e. The van der Waals surface area contributed by atoms with Crippen LogP contribution in [-0.2, 0) is 17.5 Å². The zero-order valence-electron chi connectivity index (χ0n) is 13.8. The Labute approximate surface area is 165 Å². The number of aryl methyl sites for hydroxylation is 1. The SMILES string of the molecule is O=C(CCn1cnc2ccccc2c1=O)Nc1cc(C(F)(F)F)ccc1I. The molecule has 3 aromatic rings. The average Bonchev–Trinajstić information content (AvgIpc) is 2.62. The van der Waals surface area contributed by atoms with E-state index in [1.165, 1.54) is 17.0 Å². The van der Waals surface area contributed by atoms with Crippen molar-refractivity contribution in [2.45, 2.75) is 19.1 Å². The topological polar surface area (TPSA) is 64.0 Å². The first-order valence-corrected chi connectivity index (χ1v) is 8.94. The highest BCUT2D eigenvalue weighted by atomic mass is 127. The number of hydrogen-bond acceptors (Lipinski definition) is 3. The monoisotopic (exact) mass is 487 g/mol. The molecule has 1 N–H and O–H groups in total. The summed E-state index contributed by atoms with van der Waals surface area (Å²) in [6.07, 6.45) is -3.22. The minimum absolute atomic E-state index is 0.0675. The Hall–Kier alpha value is -2.43. The molecule has 1 heterocycles. The first kappa shape index (κ1) is 19.3. The fourth-order valence-electron chi connectivity index (χ4n) is 2.50. The molecule has 0 saturated heterocycles. The lowest BCUT2D eigenvalue weighted by Gasteiger charge is -2.12. The smallest absolute Gasteiger partial charge is 0.325 e. The molecule has 0 fully saturated rings. The first-order chi connectivity index (χ1) is 12.8. The lowest BCUT2D eigenvalue weighted by atomic mass is 10.2. The zero-order valence-corrected chi connectivity index (χ0v) is 15.9. The lowest BCUT2D eigenvalue weighted by Crippen LogP contribution is -2.24. The van der Waals surface area contributed by atoms with Gasteiger partial charge in [0.25, 0.3) is 5.56 Å². The van der Waals surface area contributed by atoms with Gasteiger partial charge < -0.3 is 5.32 Å². The van der Waals surface area contributed by atoms with E-state index in [0.717, 1.165) is 12.1 Å². The minimum atomic E-state index is -4.49. The number of hydrogen-bond donors (Lipinski definition) is 1. The van der Waals surface area contributed by atoms with Gasteiger partial charge in [0.2, 0.25) is 5.91 Å². The van der Waals surface area contributed by atoms with Crippen LogP contribution in [-0.4, -0.2) is 15.5 Å². The molecular weight excluding hydrogens is 474 g/mol. The van der Waals surface area contributed by atoms with E-state index in [2.05, 4.69) is 10.3 Å². The summed E-state index contributed by atoms with van der Waals surface area (Å²) in [5.74, 6) is -0.493. The van der Waals surface area contributed by atoms with Crippen LogP contribution in [0.5, 0.6) is 0 Å². The van der Waals surface area contributed by atoms with Gasteiger partial charge in [0.15, 0.2) is 0 Å². The average molecular weight is 487 g/mol. The summed E-state index contributed by atoms with van der Waals surface area (Å²) >= 11 is 1.85. The Morgan fingerprint density at radius 3 is 2.67 bits per heavy atom. The predicted octanol–water partition coefficient (Wildman–Crippen LogP) is 4.05. The second kappa shape index (κ2) is 7.67. The molecule has 0 spiro atoms. The first-order valence-electron chi connectivity index (χ1n) is 7.86. The number of carbonyl (C=O) groups excluding carboxylic acids is 1. The number of nitrogens with zero attached hydrogens (tertiary/aromatic N) is 2. The van der Waals surface area contributed by atoms with Gasteiger partial charge in [-0.3, -0.25) is 14.2 Å². The molecule has 27 heavy (non-hydrogen) atoms. The maximum atomic E-state index is 12.8. The number of halogens is 4. The second-order valence-corrected chi connectivity index (χ2v) is 6.91. The Balaban J connectivity index is 1.72. The van der Waals surface area contributed by atoms with Crippen LogP contribution in [0.1, 0.15) is 12.0 Å². The molecule has 0 aliphatic rings. The summed E-state index contributed by atoms with van der Waals surface area (Å²) in [6, 6.07) is 9.98. The van der Waals surface area contributed by atoms with E-state index < -0.39 is 17.6 Å². The van der Waals surface area contributed by atoms with E-state index in [1.54, 1.807) is 24.3 Å². The van der Waals surface area contributed by atoms with Gasteiger partial charge in [-0.15, -0.1) is 0 Å². The molecule has 0 aliphatic carbocycles. The summed E-state index contributed by atoms with van der Waals surface area (Å²) in [4.78, 5) is 28.7. The van der Waals surface area contributed by atoms with Crippen LogP contribution in [0.25, 0.3) is 10.9 Å². The molecule has 3 rings (SSSR count). The molecule has 5 nitrogen and oxygen atoms in total. The van der Waals surface area contributed by atoms with Crippen molar-refractivity contribution in [3.8, 4) is 0 Å². The van der Waals surface area contributed by atoms with E-state index in [4.69, 9.17) is 0 Å². The minimum Gasteiger partial charge on any atom is -0.325 e. The maximum Gasteiger partial charge on any atom is 0.416 e. The third kappa shape index (κ3) is 4.46. The van der Waals surface area contributed by atoms with E-state index >= 15 is 0 Å². The number of nitrogens with one attached hydrogen (secondary N) is 1. The highest BCUT2D eigenvalue weighted by molar-refractivity contribution is 14.1. The fraction of sp³-hybridized carbons (Fsp3) is 0.167.